The quantitative estimate of drug-likeness (QED) is 0.391. The van der Waals surface area contributed by atoms with Crippen LogP contribution in [0.1, 0.15) is 0 Å². The van der Waals surface area contributed by atoms with Crippen LogP contribution in [-0.4, -0.2) is 31.8 Å². The summed E-state index contributed by atoms with van der Waals surface area (Å²) < 4.78 is 3.20. The standard InChI is InChI=1S/C17H12BrN3.C4H4O4/c18-12-5-6-17-15(11-12)14-3-1-2-4-16(14)21(17)20-13-7-9-19-10-8-13;5-3(6)1-2-4(7)8/h1-11H,(H,19,20);1-2H,(H,5,6)(H,7,8). The molecule has 29 heavy (non-hydrogen) atoms. The number of carboxylic acids is 2. The van der Waals surface area contributed by atoms with Gasteiger partial charge in [0.05, 0.1) is 16.7 Å². The molecule has 0 radical (unpaired) electrons. The summed E-state index contributed by atoms with van der Waals surface area (Å²) in [5.41, 5.74) is 6.76. The molecule has 7 nitrogen and oxygen atoms in total. The van der Waals surface area contributed by atoms with Gasteiger partial charge in [0.15, 0.2) is 0 Å². The van der Waals surface area contributed by atoms with Gasteiger partial charge in [-0.1, -0.05) is 34.1 Å². The molecule has 0 atom stereocenters. The first-order valence-electron chi connectivity index (χ1n) is 8.45. The number of nitrogens with zero attached hydrogens (tertiary/aromatic N) is 2. The van der Waals surface area contributed by atoms with E-state index >= 15 is 0 Å². The Morgan fingerprint density at radius 3 is 2.17 bits per heavy atom. The second-order valence-corrected chi connectivity index (χ2v) is 6.79. The number of halogens is 1. The van der Waals surface area contributed by atoms with Crippen LogP contribution in [0.15, 0.2) is 83.6 Å². The number of fused-ring (bicyclic) bond motifs is 3. The second-order valence-electron chi connectivity index (χ2n) is 5.87. The lowest BCUT2D eigenvalue weighted by molar-refractivity contribution is -0.134. The summed E-state index contributed by atoms with van der Waals surface area (Å²) in [6.07, 6.45) is 4.68. The van der Waals surface area contributed by atoms with Crippen molar-refractivity contribution >= 4 is 55.4 Å². The van der Waals surface area contributed by atoms with Gasteiger partial charge < -0.3 is 10.2 Å². The van der Waals surface area contributed by atoms with Gasteiger partial charge >= 0.3 is 11.9 Å². The molecule has 0 unspecified atom stereocenters. The Bertz CT molecular complexity index is 1190. The first-order valence-corrected chi connectivity index (χ1v) is 9.24. The number of benzene rings is 2. The van der Waals surface area contributed by atoms with E-state index < -0.39 is 11.9 Å². The smallest absolute Gasteiger partial charge is 0.328 e. The van der Waals surface area contributed by atoms with E-state index in [4.69, 9.17) is 10.2 Å². The molecule has 146 valence electrons. The van der Waals surface area contributed by atoms with Gasteiger partial charge in [0.2, 0.25) is 0 Å². The summed E-state index contributed by atoms with van der Waals surface area (Å²) in [5, 5.41) is 18.1. The van der Waals surface area contributed by atoms with Crippen molar-refractivity contribution in [3.05, 3.63) is 83.6 Å². The van der Waals surface area contributed by atoms with E-state index in [0.29, 0.717) is 12.2 Å². The number of para-hydroxylation sites is 1. The van der Waals surface area contributed by atoms with E-state index in [2.05, 4.69) is 73.5 Å². The third-order valence-electron chi connectivity index (χ3n) is 3.92. The van der Waals surface area contributed by atoms with Crippen LogP contribution in [0.5, 0.6) is 0 Å². The highest BCUT2D eigenvalue weighted by atomic mass is 79.9. The Morgan fingerprint density at radius 2 is 1.52 bits per heavy atom. The van der Waals surface area contributed by atoms with E-state index in [1.807, 2.05) is 12.1 Å². The highest BCUT2D eigenvalue weighted by Crippen LogP contribution is 2.30. The Morgan fingerprint density at radius 1 is 0.897 bits per heavy atom. The Balaban J connectivity index is 0.000000258. The molecule has 0 amide bonds. The highest BCUT2D eigenvalue weighted by Gasteiger charge is 2.10. The highest BCUT2D eigenvalue weighted by molar-refractivity contribution is 9.10. The summed E-state index contributed by atoms with van der Waals surface area (Å²) in [4.78, 5) is 23.2. The predicted molar refractivity (Wildman–Crippen MR) is 115 cm³/mol. The lowest BCUT2D eigenvalue weighted by Gasteiger charge is -2.10. The van der Waals surface area contributed by atoms with E-state index in [9.17, 15) is 9.59 Å². The third-order valence-corrected chi connectivity index (χ3v) is 4.42. The normalized spacial score (nSPS) is 10.7. The number of hydrogen-bond acceptors (Lipinski definition) is 4. The van der Waals surface area contributed by atoms with Crippen molar-refractivity contribution in [2.24, 2.45) is 0 Å². The lowest BCUT2D eigenvalue weighted by atomic mass is 10.2. The summed E-state index contributed by atoms with van der Waals surface area (Å²) in [5.74, 6) is -2.51. The maximum Gasteiger partial charge on any atom is 0.328 e. The Hall–Kier alpha value is -3.65. The van der Waals surface area contributed by atoms with Gasteiger partial charge in [0.1, 0.15) is 0 Å². The van der Waals surface area contributed by atoms with E-state index in [0.717, 1.165) is 21.2 Å². The van der Waals surface area contributed by atoms with Crippen molar-refractivity contribution in [3.8, 4) is 0 Å². The molecule has 2 heterocycles. The fourth-order valence-corrected chi connectivity index (χ4v) is 3.12. The van der Waals surface area contributed by atoms with Gasteiger partial charge in [-0.25, -0.2) is 9.59 Å². The largest absolute Gasteiger partial charge is 0.478 e. The average Bonchev–Trinajstić information content (AvgIpc) is 3.01. The zero-order chi connectivity index (χ0) is 20.8. The topological polar surface area (TPSA) is 104 Å². The fraction of sp³-hybridized carbons (Fsp3) is 0. The van der Waals surface area contributed by atoms with Crippen LogP contribution < -0.4 is 5.43 Å². The molecule has 0 spiro atoms. The van der Waals surface area contributed by atoms with Crippen LogP contribution in [-0.2, 0) is 9.59 Å². The summed E-state index contributed by atoms with van der Waals surface area (Å²) in [7, 11) is 0. The minimum absolute atomic E-state index is 0.558. The molecular formula is C21H16BrN3O4. The number of nitrogens with one attached hydrogen (secondary N) is 1. The summed E-state index contributed by atoms with van der Waals surface area (Å²) in [6.45, 7) is 0. The molecule has 3 N–H and O–H groups in total. The molecule has 0 bridgehead atoms. The third kappa shape index (κ3) is 4.99. The summed E-state index contributed by atoms with van der Waals surface area (Å²) in [6, 6.07) is 18.6. The molecule has 0 fully saturated rings. The van der Waals surface area contributed by atoms with Crippen molar-refractivity contribution in [3.63, 3.8) is 0 Å². The molecule has 4 rings (SSSR count). The minimum atomic E-state index is -1.26. The van der Waals surface area contributed by atoms with Gasteiger partial charge in [0.25, 0.3) is 0 Å². The zero-order valence-corrected chi connectivity index (χ0v) is 16.6. The van der Waals surface area contributed by atoms with Gasteiger partial charge in [-0.05, 0) is 36.4 Å². The number of pyridine rings is 1. The number of anilines is 1. The van der Waals surface area contributed by atoms with Gasteiger partial charge in [-0.3, -0.25) is 15.1 Å². The SMILES string of the molecule is Brc1ccc2c(c1)c1ccccc1n2Nc1ccncc1.O=C(O)C=CC(=O)O. The molecule has 2 aromatic heterocycles. The van der Waals surface area contributed by atoms with E-state index in [1.54, 1.807) is 12.4 Å². The molecule has 0 saturated heterocycles. The number of rotatable bonds is 4. The monoisotopic (exact) mass is 453 g/mol. The number of carboxylic acid groups (broad SMARTS) is 2. The first-order chi connectivity index (χ1) is 14.0. The first kappa shape index (κ1) is 20.1. The van der Waals surface area contributed by atoms with Crippen molar-refractivity contribution in [1.82, 2.24) is 9.66 Å². The van der Waals surface area contributed by atoms with Gasteiger partial charge in [-0.15, -0.1) is 0 Å². The van der Waals surface area contributed by atoms with Crippen molar-refractivity contribution in [2.45, 2.75) is 0 Å². The second kappa shape index (κ2) is 9.03. The maximum absolute atomic E-state index is 9.55. The molecular weight excluding hydrogens is 438 g/mol. The fourth-order valence-electron chi connectivity index (χ4n) is 2.76. The van der Waals surface area contributed by atoms with Crippen LogP contribution >= 0.6 is 15.9 Å². The average molecular weight is 454 g/mol. The number of hydrogen-bond donors (Lipinski definition) is 3. The minimum Gasteiger partial charge on any atom is -0.478 e. The van der Waals surface area contributed by atoms with Gasteiger partial charge in [0, 0.05) is 39.8 Å². The molecule has 0 aliphatic rings. The number of aromatic nitrogens is 2. The van der Waals surface area contributed by atoms with Gasteiger partial charge in [-0.2, -0.15) is 0 Å². The Kier molecular flexibility index (Phi) is 6.25. The van der Waals surface area contributed by atoms with Crippen LogP contribution in [0.25, 0.3) is 21.8 Å². The lowest BCUT2D eigenvalue weighted by Crippen LogP contribution is -2.08. The number of carbonyl (C=O) groups is 2. The van der Waals surface area contributed by atoms with Crippen LogP contribution in [0, 0.1) is 0 Å². The van der Waals surface area contributed by atoms with Crippen LogP contribution in [0.4, 0.5) is 5.69 Å². The molecule has 2 aromatic carbocycles. The zero-order valence-electron chi connectivity index (χ0n) is 15.0. The molecule has 0 saturated carbocycles. The summed E-state index contributed by atoms with van der Waals surface area (Å²) >= 11 is 3.56. The predicted octanol–water partition coefficient (Wildman–Crippen LogP) is 4.54. The Labute approximate surface area is 174 Å². The van der Waals surface area contributed by atoms with E-state index in [-0.39, 0.29) is 0 Å². The van der Waals surface area contributed by atoms with Crippen molar-refractivity contribution in [1.29, 1.82) is 0 Å². The number of aliphatic carboxylic acids is 2. The van der Waals surface area contributed by atoms with E-state index in [1.165, 1.54) is 10.8 Å². The maximum atomic E-state index is 9.55. The molecule has 0 aliphatic carbocycles. The molecule has 0 aliphatic heterocycles. The van der Waals surface area contributed by atoms with Crippen molar-refractivity contribution < 1.29 is 19.8 Å². The van der Waals surface area contributed by atoms with Crippen LogP contribution in [0.3, 0.4) is 0 Å². The molecule has 8 heteroatoms. The van der Waals surface area contributed by atoms with Crippen molar-refractivity contribution in [2.75, 3.05) is 5.43 Å². The van der Waals surface area contributed by atoms with Crippen LogP contribution in [0.2, 0.25) is 0 Å². The molecule has 4 aromatic rings.